The van der Waals surface area contributed by atoms with E-state index < -0.39 is 5.60 Å². The smallest absolute Gasteiger partial charge is 0.410 e. The summed E-state index contributed by atoms with van der Waals surface area (Å²) in [4.78, 5) is 14.1. The molecule has 6 heteroatoms. The lowest BCUT2D eigenvalue weighted by atomic mass is 10.2. The number of amides is 1. The van der Waals surface area contributed by atoms with Gasteiger partial charge in [0.05, 0.1) is 17.6 Å². The zero-order chi connectivity index (χ0) is 17.0. The number of carbonyl (C=O) groups is 1. The molecule has 1 amide bonds. The molecule has 1 aliphatic rings. The second-order valence-electron chi connectivity index (χ2n) is 6.70. The summed E-state index contributed by atoms with van der Waals surface area (Å²) in [6.45, 7) is 7.13. The highest BCUT2D eigenvalue weighted by Crippen LogP contribution is 2.28. The Morgan fingerprint density at radius 3 is 2.83 bits per heavy atom. The van der Waals surface area contributed by atoms with E-state index in [2.05, 4.69) is 21.2 Å². The van der Waals surface area contributed by atoms with E-state index in [1.807, 2.05) is 43.9 Å². The minimum Gasteiger partial charge on any atom is -0.495 e. The number of halogens is 1. The van der Waals surface area contributed by atoms with Crippen molar-refractivity contribution in [3.05, 3.63) is 22.7 Å². The highest BCUT2D eigenvalue weighted by atomic mass is 79.9. The van der Waals surface area contributed by atoms with Gasteiger partial charge in [0.25, 0.3) is 0 Å². The van der Waals surface area contributed by atoms with Crippen LogP contribution in [0.5, 0.6) is 5.75 Å². The fraction of sp³-hybridized carbons (Fsp3) is 0.588. The number of nitrogens with zero attached hydrogens (tertiary/aromatic N) is 1. The number of hydrogen-bond donors (Lipinski definition) is 1. The predicted molar refractivity (Wildman–Crippen MR) is 95.1 cm³/mol. The summed E-state index contributed by atoms with van der Waals surface area (Å²) in [5.41, 5.74) is 0.512. The van der Waals surface area contributed by atoms with Crippen LogP contribution in [0, 0.1) is 0 Å². The van der Waals surface area contributed by atoms with Crippen LogP contribution in [0.1, 0.15) is 33.6 Å². The molecule has 128 valence electrons. The van der Waals surface area contributed by atoms with Crippen LogP contribution in [-0.4, -0.2) is 42.8 Å². The van der Waals surface area contributed by atoms with Gasteiger partial charge in [0, 0.05) is 24.8 Å². The molecule has 0 aliphatic carbocycles. The molecule has 1 saturated heterocycles. The van der Waals surface area contributed by atoms with Gasteiger partial charge in [-0.15, -0.1) is 0 Å². The van der Waals surface area contributed by atoms with E-state index in [0.717, 1.165) is 35.3 Å². The van der Waals surface area contributed by atoms with Crippen LogP contribution in [0.2, 0.25) is 0 Å². The zero-order valence-corrected chi connectivity index (χ0v) is 15.8. The van der Waals surface area contributed by atoms with Crippen LogP contribution in [0.4, 0.5) is 10.5 Å². The number of carbonyl (C=O) groups excluding carboxylic acids is 1. The maximum absolute atomic E-state index is 12.3. The van der Waals surface area contributed by atoms with Crippen molar-refractivity contribution in [2.45, 2.75) is 45.3 Å². The van der Waals surface area contributed by atoms with Crippen LogP contribution >= 0.6 is 15.9 Å². The van der Waals surface area contributed by atoms with E-state index >= 15 is 0 Å². The Balaban J connectivity index is 1.95. The van der Waals surface area contributed by atoms with Gasteiger partial charge in [0.2, 0.25) is 0 Å². The topological polar surface area (TPSA) is 50.8 Å². The van der Waals surface area contributed by atoms with Crippen molar-refractivity contribution in [1.82, 2.24) is 4.90 Å². The van der Waals surface area contributed by atoms with Crippen LogP contribution in [0.15, 0.2) is 22.7 Å². The van der Waals surface area contributed by atoms with Crippen molar-refractivity contribution in [3.63, 3.8) is 0 Å². The number of methoxy groups -OCH3 is 1. The number of ether oxygens (including phenoxy) is 2. The van der Waals surface area contributed by atoms with Gasteiger partial charge in [-0.1, -0.05) is 0 Å². The van der Waals surface area contributed by atoms with Crippen LogP contribution in [0.3, 0.4) is 0 Å². The molecule has 1 aliphatic heterocycles. The Labute approximate surface area is 146 Å². The second kappa shape index (κ2) is 7.43. The molecule has 23 heavy (non-hydrogen) atoms. The first-order valence-electron chi connectivity index (χ1n) is 7.87. The molecule has 5 nitrogen and oxygen atoms in total. The van der Waals surface area contributed by atoms with Gasteiger partial charge >= 0.3 is 6.09 Å². The molecule has 1 fully saturated rings. The zero-order valence-electron chi connectivity index (χ0n) is 14.2. The monoisotopic (exact) mass is 384 g/mol. The lowest BCUT2D eigenvalue weighted by molar-refractivity contribution is 0.0235. The molecular weight excluding hydrogens is 360 g/mol. The SMILES string of the molecule is COc1cc(NCC2CCCN2C(=O)OC(C)(C)C)ccc1Br. The summed E-state index contributed by atoms with van der Waals surface area (Å²) in [6.07, 6.45) is 1.77. The summed E-state index contributed by atoms with van der Waals surface area (Å²) in [5.74, 6) is 0.783. The summed E-state index contributed by atoms with van der Waals surface area (Å²) < 4.78 is 11.7. The minimum absolute atomic E-state index is 0.152. The van der Waals surface area contributed by atoms with Crippen LogP contribution in [0.25, 0.3) is 0 Å². The number of benzene rings is 1. The fourth-order valence-corrected chi connectivity index (χ4v) is 3.02. The average Bonchev–Trinajstić information content (AvgIpc) is 2.93. The Kier molecular flexibility index (Phi) is 5.79. The number of likely N-dealkylation sites (tertiary alicyclic amines) is 1. The van der Waals surface area contributed by atoms with Crippen molar-refractivity contribution < 1.29 is 14.3 Å². The van der Waals surface area contributed by atoms with Crippen LogP contribution in [-0.2, 0) is 4.74 Å². The summed E-state index contributed by atoms with van der Waals surface area (Å²) in [5, 5.41) is 3.39. The molecule has 1 aromatic carbocycles. The van der Waals surface area contributed by atoms with Gasteiger partial charge < -0.3 is 19.7 Å². The fourth-order valence-electron chi connectivity index (χ4n) is 2.61. The molecule has 1 aromatic rings. The van der Waals surface area contributed by atoms with Gasteiger partial charge in [-0.2, -0.15) is 0 Å². The lowest BCUT2D eigenvalue weighted by Gasteiger charge is -2.29. The first-order valence-corrected chi connectivity index (χ1v) is 8.66. The quantitative estimate of drug-likeness (QED) is 0.841. The third-order valence-corrected chi connectivity index (χ3v) is 4.35. The normalized spacial score (nSPS) is 18.0. The molecule has 1 unspecified atom stereocenters. The van der Waals surface area contributed by atoms with Crippen molar-refractivity contribution in [1.29, 1.82) is 0 Å². The number of anilines is 1. The first kappa shape index (κ1) is 17.9. The van der Waals surface area contributed by atoms with Crippen LogP contribution < -0.4 is 10.1 Å². The molecule has 0 bridgehead atoms. The van der Waals surface area contributed by atoms with Crippen molar-refractivity contribution in [3.8, 4) is 5.75 Å². The molecule has 1 atom stereocenters. The van der Waals surface area contributed by atoms with E-state index in [0.29, 0.717) is 6.54 Å². The van der Waals surface area contributed by atoms with Gasteiger partial charge in [-0.25, -0.2) is 4.79 Å². The lowest BCUT2D eigenvalue weighted by Crippen LogP contribution is -2.42. The van der Waals surface area contributed by atoms with E-state index in [1.54, 1.807) is 7.11 Å². The number of hydrogen-bond acceptors (Lipinski definition) is 4. The maximum atomic E-state index is 12.3. The highest BCUT2D eigenvalue weighted by Gasteiger charge is 2.31. The summed E-state index contributed by atoms with van der Waals surface area (Å²) >= 11 is 3.44. The molecule has 0 aromatic heterocycles. The van der Waals surface area contributed by atoms with E-state index in [4.69, 9.17) is 9.47 Å². The first-order chi connectivity index (χ1) is 10.8. The van der Waals surface area contributed by atoms with Gasteiger partial charge in [-0.3, -0.25) is 0 Å². The maximum Gasteiger partial charge on any atom is 0.410 e. The molecule has 1 heterocycles. The third-order valence-electron chi connectivity index (χ3n) is 3.70. The Morgan fingerprint density at radius 2 is 2.17 bits per heavy atom. The Hall–Kier alpha value is -1.43. The van der Waals surface area contributed by atoms with Gasteiger partial charge in [-0.05, 0) is 61.7 Å². The molecule has 2 rings (SSSR count). The predicted octanol–water partition coefficient (Wildman–Crippen LogP) is 4.27. The highest BCUT2D eigenvalue weighted by molar-refractivity contribution is 9.10. The molecular formula is C17H25BrN2O3. The number of rotatable bonds is 4. The minimum atomic E-state index is -0.462. The number of nitrogens with one attached hydrogen (secondary N) is 1. The standard InChI is InChI=1S/C17H25BrN2O3/c1-17(2,3)23-16(21)20-9-5-6-13(20)11-19-12-7-8-14(18)15(10-12)22-4/h7-8,10,13,19H,5-6,9,11H2,1-4H3. The average molecular weight is 385 g/mol. The van der Waals surface area contributed by atoms with Gasteiger partial charge in [0.1, 0.15) is 11.4 Å². The molecule has 0 saturated carbocycles. The second-order valence-corrected chi connectivity index (χ2v) is 7.55. The van der Waals surface area contributed by atoms with Crippen molar-refractivity contribution in [2.24, 2.45) is 0 Å². The van der Waals surface area contributed by atoms with E-state index in [1.165, 1.54) is 0 Å². The summed E-state index contributed by atoms with van der Waals surface area (Å²) in [7, 11) is 1.64. The Bertz CT molecular complexity index is 557. The van der Waals surface area contributed by atoms with E-state index in [-0.39, 0.29) is 12.1 Å². The molecule has 0 radical (unpaired) electrons. The Morgan fingerprint density at radius 1 is 1.43 bits per heavy atom. The van der Waals surface area contributed by atoms with Crippen molar-refractivity contribution >= 4 is 27.7 Å². The third kappa shape index (κ3) is 5.03. The van der Waals surface area contributed by atoms with Gasteiger partial charge in [0.15, 0.2) is 0 Å². The van der Waals surface area contributed by atoms with E-state index in [9.17, 15) is 4.79 Å². The van der Waals surface area contributed by atoms with Crippen molar-refractivity contribution in [2.75, 3.05) is 25.5 Å². The largest absolute Gasteiger partial charge is 0.495 e. The molecule has 1 N–H and O–H groups in total. The molecule has 0 spiro atoms. The summed E-state index contributed by atoms with van der Waals surface area (Å²) in [6, 6.07) is 6.02.